The Hall–Kier alpha value is -1.34. The predicted molar refractivity (Wildman–Crippen MR) is 82.5 cm³/mol. The summed E-state index contributed by atoms with van der Waals surface area (Å²) in [6.45, 7) is 1.15. The summed E-state index contributed by atoms with van der Waals surface area (Å²) in [6.07, 6.45) is 6.75. The molecular formula is C18H23N. The SMILES string of the molecule is CNCC1(Cc2cccc3ccccc23)CCCC1. The molecule has 1 aliphatic carbocycles. The largest absolute Gasteiger partial charge is 0.319 e. The summed E-state index contributed by atoms with van der Waals surface area (Å²) in [5.41, 5.74) is 2.01. The van der Waals surface area contributed by atoms with Crippen LogP contribution in [0.4, 0.5) is 0 Å². The molecule has 0 amide bonds. The van der Waals surface area contributed by atoms with Crippen LogP contribution < -0.4 is 5.32 Å². The maximum absolute atomic E-state index is 3.42. The van der Waals surface area contributed by atoms with Gasteiger partial charge in [0.2, 0.25) is 0 Å². The Bertz CT molecular complexity index is 547. The monoisotopic (exact) mass is 253 g/mol. The number of benzene rings is 2. The lowest BCUT2D eigenvalue weighted by Crippen LogP contribution is -2.32. The highest BCUT2D eigenvalue weighted by Gasteiger charge is 2.33. The van der Waals surface area contributed by atoms with Crippen LogP contribution >= 0.6 is 0 Å². The van der Waals surface area contributed by atoms with Crippen molar-refractivity contribution in [3.05, 3.63) is 48.0 Å². The molecule has 0 aromatic heterocycles. The molecule has 0 spiro atoms. The van der Waals surface area contributed by atoms with Crippen molar-refractivity contribution < 1.29 is 0 Å². The van der Waals surface area contributed by atoms with E-state index in [0.717, 1.165) is 6.54 Å². The second kappa shape index (κ2) is 5.34. The predicted octanol–water partition coefficient (Wildman–Crippen LogP) is 4.16. The fourth-order valence-corrected chi connectivity index (χ4v) is 3.77. The molecule has 0 atom stereocenters. The normalized spacial score (nSPS) is 17.9. The van der Waals surface area contributed by atoms with Gasteiger partial charge >= 0.3 is 0 Å². The third-order valence-corrected chi connectivity index (χ3v) is 4.66. The molecule has 1 heteroatoms. The smallest absolute Gasteiger partial charge is 0.000800 e. The van der Waals surface area contributed by atoms with Gasteiger partial charge in [-0.1, -0.05) is 55.3 Å². The van der Waals surface area contributed by atoms with Gasteiger partial charge in [-0.3, -0.25) is 0 Å². The summed E-state index contributed by atoms with van der Waals surface area (Å²) in [5, 5.41) is 6.23. The highest BCUT2D eigenvalue weighted by atomic mass is 14.8. The van der Waals surface area contributed by atoms with Crippen LogP contribution in [0.5, 0.6) is 0 Å². The van der Waals surface area contributed by atoms with Crippen LogP contribution in [-0.4, -0.2) is 13.6 Å². The zero-order valence-electron chi connectivity index (χ0n) is 11.8. The maximum atomic E-state index is 3.42. The summed E-state index contributed by atoms with van der Waals surface area (Å²) in [4.78, 5) is 0. The third-order valence-electron chi connectivity index (χ3n) is 4.66. The van der Waals surface area contributed by atoms with Gasteiger partial charge in [0, 0.05) is 6.54 Å². The van der Waals surface area contributed by atoms with E-state index in [9.17, 15) is 0 Å². The van der Waals surface area contributed by atoms with Crippen LogP contribution in [0.2, 0.25) is 0 Å². The average molecular weight is 253 g/mol. The van der Waals surface area contributed by atoms with Crippen LogP contribution in [0.3, 0.4) is 0 Å². The molecule has 1 saturated carbocycles. The molecule has 1 N–H and O–H groups in total. The van der Waals surface area contributed by atoms with Gasteiger partial charge in [0.05, 0.1) is 0 Å². The minimum atomic E-state index is 0.485. The third kappa shape index (κ3) is 2.52. The van der Waals surface area contributed by atoms with E-state index in [4.69, 9.17) is 0 Å². The van der Waals surface area contributed by atoms with E-state index >= 15 is 0 Å². The van der Waals surface area contributed by atoms with Crippen LogP contribution in [0.1, 0.15) is 31.2 Å². The van der Waals surface area contributed by atoms with Crippen molar-refractivity contribution in [3.63, 3.8) is 0 Å². The Morgan fingerprint density at radius 1 is 1.00 bits per heavy atom. The molecule has 2 aromatic carbocycles. The van der Waals surface area contributed by atoms with Crippen molar-refractivity contribution >= 4 is 10.8 Å². The van der Waals surface area contributed by atoms with Crippen molar-refractivity contribution in [3.8, 4) is 0 Å². The number of nitrogens with one attached hydrogen (secondary N) is 1. The van der Waals surface area contributed by atoms with E-state index in [-0.39, 0.29) is 0 Å². The number of rotatable bonds is 4. The van der Waals surface area contributed by atoms with E-state index in [1.54, 1.807) is 0 Å². The Morgan fingerprint density at radius 3 is 2.53 bits per heavy atom. The van der Waals surface area contributed by atoms with E-state index < -0.39 is 0 Å². The van der Waals surface area contributed by atoms with Gasteiger partial charge in [-0.25, -0.2) is 0 Å². The molecule has 0 aliphatic heterocycles. The summed E-state index contributed by atoms with van der Waals surface area (Å²) >= 11 is 0. The summed E-state index contributed by atoms with van der Waals surface area (Å²) in [5.74, 6) is 0. The average Bonchev–Trinajstić information content (AvgIpc) is 2.88. The summed E-state index contributed by atoms with van der Waals surface area (Å²) < 4.78 is 0. The minimum Gasteiger partial charge on any atom is -0.319 e. The highest BCUT2D eigenvalue weighted by molar-refractivity contribution is 5.85. The molecule has 0 bridgehead atoms. The Morgan fingerprint density at radius 2 is 1.74 bits per heavy atom. The maximum Gasteiger partial charge on any atom is 0.000800 e. The molecule has 3 rings (SSSR count). The minimum absolute atomic E-state index is 0.485. The first-order chi connectivity index (χ1) is 9.33. The van der Waals surface area contributed by atoms with Gasteiger partial charge in [-0.15, -0.1) is 0 Å². The second-order valence-corrected chi connectivity index (χ2v) is 6.05. The first-order valence-corrected chi connectivity index (χ1v) is 7.44. The molecule has 1 nitrogen and oxygen atoms in total. The fourth-order valence-electron chi connectivity index (χ4n) is 3.77. The molecule has 0 radical (unpaired) electrons. The van der Waals surface area contributed by atoms with Crippen molar-refractivity contribution in [1.82, 2.24) is 5.32 Å². The van der Waals surface area contributed by atoms with Crippen molar-refractivity contribution in [2.45, 2.75) is 32.1 Å². The highest BCUT2D eigenvalue weighted by Crippen LogP contribution is 2.41. The summed E-state index contributed by atoms with van der Waals surface area (Å²) in [7, 11) is 2.09. The molecule has 1 fully saturated rings. The van der Waals surface area contributed by atoms with E-state index in [1.165, 1.54) is 48.4 Å². The van der Waals surface area contributed by atoms with Gasteiger partial charge in [0.25, 0.3) is 0 Å². The van der Waals surface area contributed by atoms with Crippen molar-refractivity contribution in [2.24, 2.45) is 5.41 Å². The van der Waals surface area contributed by atoms with E-state index in [0.29, 0.717) is 5.41 Å². The fraction of sp³-hybridized carbons (Fsp3) is 0.444. The van der Waals surface area contributed by atoms with Crippen LogP contribution in [0.25, 0.3) is 10.8 Å². The Balaban J connectivity index is 1.96. The standard InChI is InChI=1S/C18H23N/c1-19-14-18(11-4-5-12-18)13-16-9-6-8-15-7-2-3-10-17(15)16/h2-3,6-10,19H,4-5,11-14H2,1H3. The van der Waals surface area contributed by atoms with Gasteiger partial charge in [-0.05, 0) is 48.1 Å². The van der Waals surface area contributed by atoms with Crippen molar-refractivity contribution in [1.29, 1.82) is 0 Å². The molecule has 19 heavy (non-hydrogen) atoms. The number of fused-ring (bicyclic) bond motifs is 1. The quantitative estimate of drug-likeness (QED) is 0.862. The Kier molecular flexibility index (Phi) is 3.56. The van der Waals surface area contributed by atoms with Crippen LogP contribution in [0, 0.1) is 5.41 Å². The lowest BCUT2D eigenvalue weighted by Gasteiger charge is -2.29. The van der Waals surface area contributed by atoms with E-state index in [1.807, 2.05) is 0 Å². The van der Waals surface area contributed by atoms with Gasteiger partial charge in [0.1, 0.15) is 0 Å². The molecule has 2 aromatic rings. The number of hydrogen-bond donors (Lipinski definition) is 1. The van der Waals surface area contributed by atoms with Gasteiger partial charge in [0.15, 0.2) is 0 Å². The van der Waals surface area contributed by atoms with Crippen molar-refractivity contribution in [2.75, 3.05) is 13.6 Å². The lowest BCUT2D eigenvalue weighted by atomic mass is 9.79. The zero-order valence-corrected chi connectivity index (χ0v) is 11.8. The Labute approximate surface area is 116 Å². The van der Waals surface area contributed by atoms with Crippen LogP contribution in [0.15, 0.2) is 42.5 Å². The first-order valence-electron chi connectivity index (χ1n) is 7.44. The first kappa shape index (κ1) is 12.7. The zero-order chi connectivity index (χ0) is 13.1. The molecular weight excluding hydrogens is 230 g/mol. The molecule has 100 valence electrons. The van der Waals surface area contributed by atoms with E-state index in [2.05, 4.69) is 54.8 Å². The lowest BCUT2D eigenvalue weighted by molar-refractivity contribution is 0.286. The second-order valence-electron chi connectivity index (χ2n) is 6.05. The van der Waals surface area contributed by atoms with Crippen LogP contribution in [-0.2, 0) is 6.42 Å². The van der Waals surface area contributed by atoms with Gasteiger partial charge < -0.3 is 5.32 Å². The molecule has 0 saturated heterocycles. The molecule has 0 unspecified atom stereocenters. The molecule has 0 heterocycles. The van der Waals surface area contributed by atoms with Gasteiger partial charge in [-0.2, -0.15) is 0 Å². The topological polar surface area (TPSA) is 12.0 Å². The number of hydrogen-bond acceptors (Lipinski definition) is 1. The summed E-state index contributed by atoms with van der Waals surface area (Å²) in [6, 6.07) is 15.5. The molecule has 1 aliphatic rings.